The van der Waals surface area contributed by atoms with Gasteiger partial charge >= 0.3 is 0 Å². The fourth-order valence-corrected chi connectivity index (χ4v) is 2.94. The second-order valence-electron chi connectivity index (χ2n) is 4.89. The van der Waals surface area contributed by atoms with Crippen LogP contribution in [0.4, 0.5) is 5.88 Å². The summed E-state index contributed by atoms with van der Waals surface area (Å²) < 4.78 is 4.91. The van der Waals surface area contributed by atoms with E-state index in [0.29, 0.717) is 16.3 Å². The molecule has 4 nitrogen and oxygen atoms in total. The van der Waals surface area contributed by atoms with Crippen LogP contribution < -0.4 is 5.73 Å². The molecule has 0 fully saturated rings. The van der Waals surface area contributed by atoms with Crippen LogP contribution in [0.5, 0.6) is 5.75 Å². The van der Waals surface area contributed by atoms with Crippen molar-refractivity contribution in [2.45, 2.75) is 32.1 Å². The largest absolute Gasteiger partial charge is 0.506 e. The molecule has 1 aliphatic rings. The quantitative estimate of drug-likeness (QED) is 0.783. The fourth-order valence-electron chi connectivity index (χ4n) is 2.72. The number of hydrogen-bond donors (Lipinski definition) is 2. The third kappa shape index (κ3) is 2.16. The summed E-state index contributed by atoms with van der Waals surface area (Å²) in [5.74, 6) is 0.298. The number of nitrogens with two attached hydrogens (primary N) is 1. The molecular weight excluding hydrogens is 264 g/mol. The highest BCUT2D eigenvalue weighted by molar-refractivity contribution is 6.32. The molecule has 1 aliphatic carbocycles. The zero-order valence-corrected chi connectivity index (χ0v) is 11.2. The molecule has 0 aliphatic heterocycles. The molecule has 0 amide bonds. The number of aromatic nitrogens is 1. The van der Waals surface area contributed by atoms with Crippen molar-refractivity contribution in [3.05, 3.63) is 28.3 Å². The second kappa shape index (κ2) is 4.78. The van der Waals surface area contributed by atoms with Gasteiger partial charge in [-0.2, -0.15) is 0 Å². The minimum atomic E-state index is 0.0654. The molecule has 3 N–H and O–H groups in total. The molecule has 0 unspecified atom stereocenters. The van der Waals surface area contributed by atoms with Crippen molar-refractivity contribution in [1.82, 2.24) is 5.16 Å². The third-order valence-corrected chi connectivity index (χ3v) is 3.90. The predicted octanol–water partition coefficient (Wildman–Crippen LogP) is 3.55. The topological polar surface area (TPSA) is 72.3 Å². The van der Waals surface area contributed by atoms with E-state index in [1.54, 1.807) is 6.07 Å². The summed E-state index contributed by atoms with van der Waals surface area (Å²) in [4.78, 5) is 0. The van der Waals surface area contributed by atoms with Gasteiger partial charge in [0.25, 0.3) is 0 Å². The van der Waals surface area contributed by atoms with E-state index in [2.05, 4.69) is 5.16 Å². The average molecular weight is 279 g/mol. The Morgan fingerprint density at radius 3 is 2.74 bits per heavy atom. The van der Waals surface area contributed by atoms with Crippen molar-refractivity contribution in [3.63, 3.8) is 0 Å². The Labute approximate surface area is 116 Å². The average Bonchev–Trinajstić information content (AvgIpc) is 2.67. The molecule has 1 heterocycles. The van der Waals surface area contributed by atoms with Crippen LogP contribution in [-0.4, -0.2) is 10.3 Å². The molecule has 2 aromatic rings. The number of aromatic hydroxyl groups is 1. The number of fused-ring (bicyclic) bond motifs is 1. The molecular formula is C14H15ClN2O2. The Kier molecular flexibility index (Phi) is 3.11. The molecule has 0 bridgehead atoms. The maximum Gasteiger partial charge on any atom is 0.222 e. The summed E-state index contributed by atoms with van der Waals surface area (Å²) in [6, 6.07) is 3.49. The highest BCUT2D eigenvalue weighted by Gasteiger charge is 2.21. The highest BCUT2D eigenvalue weighted by atomic mass is 35.5. The van der Waals surface area contributed by atoms with Gasteiger partial charge < -0.3 is 15.4 Å². The Morgan fingerprint density at radius 2 is 2.00 bits per heavy atom. The summed E-state index contributed by atoms with van der Waals surface area (Å²) in [6.07, 6.45) is 5.34. The van der Waals surface area contributed by atoms with E-state index < -0.39 is 0 Å². The molecule has 0 atom stereocenters. The Balaban J connectivity index is 2.24. The number of nitrogens with zero attached hydrogens (tertiary/aromatic N) is 1. The lowest BCUT2D eigenvalue weighted by Crippen LogP contribution is -1.97. The summed E-state index contributed by atoms with van der Waals surface area (Å²) in [6.45, 7) is 0. The number of halogens is 1. The van der Waals surface area contributed by atoms with Gasteiger partial charge in [0, 0.05) is 6.07 Å². The van der Waals surface area contributed by atoms with Gasteiger partial charge in [-0.3, -0.25) is 0 Å². The maximum absolute atomic E-state index is 10.3. The number of anilines is 1. The van der Waals surface area contributed by atoms with E-state index in [9.17, 15) is 5.11 Å². The van der Waals surface area contributed by atoms with Gasteiger partial charge in [0.15, 0.2) is 0 Å². The van der Waals surface area contributed by atoms with Gasteiger partial charge in [-0.05, 0) is 42.9 Å². The number of phenolic OH excluding ortho intramolecular Hbond substituents is 1. The van der Waals surface area contributed by atoms with Crippen LogP contribution in [0.3, 0.4) is 0 Å². The zero-order valence-electron chi connectivity index (χ0n) is 10.4. The van der Waals surface area contributed by atoms with Crippen molar-refractivity contribution in [1.29, 1.82) is 0 Å². The number of aryl methyl sites for hydroxylation is 1. The number of hydrogen-bond acceptors (Lipinski definition) is 4. The smallest absolute Gasteiger partial charge is 0.222 e. The molecule has 0 saturated carbocycles. The minimum Gasteiger partial charge on any atom is -0.506 e. The maximum atomic E-state index is 10.3. The van der Waals surface area contributed by atoms with Crippen molar-refractivity contribution in [2.24, 2.45) is 0 Å². The fraction of sp³-hybridized carbons (Fsp3) is 0.357. The first-order chi connectivity index (χ1) is 9.16. The summed E-state index contributed by atoms with van der Waals surface area (Å²) in [5.41, 5.74) is 9.10. The highest BCUT2D eigenvalue weighted by Crippen LogP contribution is 2.42. The first-order valence-corrected chi connectivity index (χ1v) is 6.80. The molecule has 19 heavy (non-hydrogen) atoms. The molecule has 1 aromatic heterocycles. The molecule has 0 saturated heterocycles. The van der Waals surface area contributed by atoms with Crippen LogP contribution in [-0.2, 0) is 12.8 Å². The zero-order chi connectivity index (χ0) is 13.4. The van der Waals surface area contributed by atoms with Gasteiger partial charge in [-0.15, -0.1) is 0 Å². The minimum absolute atomic E-state index is 0.0654. The lowest BCUT2D eigenvalue weighted by molar-refractivity contribution is 0.437. The van der Waals surface area contributed by atoms with E-state index in [4.69, 9.17) is 21.9 Å². The van der Waals surface area contributed by atoms with Gasteiger partial charge in [0.2, 0.25) is 5.88 Å². The van der Waals surface area contributed by atoms with Crippen LogP contribution in [0.15, 0.2) is 16.7 Å². The van der Waals surface area contributed by atoms with E-state index in [1.165, 1.54) is 12.0 Å². The molecule has 100 valence electrons. The van der Waals surface area contributed by atoms with E-state index in [-0.39, 0.29) is 11.6 Å². The van der Waals surface area contributed by atoms with Crippen molar-refractivity contribution >= 4 is 17.5 Å². The predicted molar refractivity (Wildman–Crippen MR) is 74.3 cm³/mol. The summed E-state index contributed by atoms with van der Waals surface area (Å²) in [7, 11) is 0. The Bertz CT molecular complexity index is 622. The summed E-state index contributed by atoms with van der Waals surface area (Å²) in [5, 5.41) is 14.5. The number of rotatable bonds is 1. The Morgan fingerprint density at radius 1 is 1.21 bits per heavy atom. The Hall–Kier alpha value is -1.68. The van der Waals surface area contributed by atoms with Gasteiger partial charge in [0.05, 0.1) is 10.6 Å². The number of benzene rings is 1. The van der Waals surface area contributed by atoms with E-state index in [0.717, 1.165) is 31.2 Å². The van der Waals surface area contributed by atoms with Gasteiger partial charge in [0.1, 0.15) is 11.4 Å². The van der Waals surface area contributed by atoms with Crippen molar-refractivity contribution in [2.75, 3.05) is 5.73 Å². The number of nitrogen functional groups attached to an aromatic ring is 1. The molecule has 0 radical (unpaired) electrons. The van der Waals surface area contributed by atoms with Crippen molar-refractivity contribution < 1.29 is 9.63 Å². The van der Waals surface area contributed by atoms with Crippen LogP contribution in [0.25, 0.3) is 11.3 Å². The van der Waals surface area contributed by atoms with Gasteiger partial charge in [-0.25, -0.2) is 0 Å². The second-order valence-corrected chi connectivity index (χ2v) is 5.30. The summed E-state index contributed by atoms with van der Waals surface area (Å²) >= 11 is 6.12. The standard InChI is InChI=1S/C14H15ClN2O2/c15-10-6-8-4-2-1-3-5-9(8)13(14(10)18)11-7-12(16)19-17-11/h6-7,18H,1-5,16H2. The van der Waals surface area contributed by atoms with Gasteiger partial charge in [-0.1, -0.05) is 23.2 Å². The van der Waals surface area contributed by atoms with E-state index >= 15 is 0 Å². The number of phenols is 1. The first-order valence-electron chi connectivity index (χ1n) is 6.42. The van der Waals surface area contributed by atoms with Crippen LogP contribution in [0.2, 0.25) is 5.02 Å². The molecule has 5 heteroatoms. The first kappa shape index (κ1) is 12.4. The normalized spacial score (nSPS) is 15.0. The third-order valence-electron chi connectivity index (χ3n) is 3.61. The SMILES string of the molecule is Nc1cc(-c2c(O)c(Cl)cc3c2CCCCC3)no1. The molecule has 1 aromatic carbocycles. The van der Waals surface area contributed by atoms with E-state index in [1.807, 2.05) is 6.07 Å². The van der Waals surface area contributed by atoms with Crippen LogP contribution >= 0.6 is 11.6 Å². The molecule has 0 spiro atoms. The van der Waals surface area contributed by atoms with Crippen LogP contribution in [0, 0.1) is 0 Å². The van der Waals surface area contributed by atoms with Crippen LogP contribution in [0.1, 0.15) is 30.4 Å². The van der Waals surface area contributed by atoms with Crippen molar-refractivity contribution in [3.8, 4) is 17.0 Å². The molecule has 3 rings (SSSR count). The lowest BCUT2D eigenvalue weighted by atomic mass is 9.94. The monoisotopic (exact) mass is 278 g/mol. The lowest BCUT2D eigenvalue weighted by Gasteiger charge is -2.13.